The van der Waals surface area contributed by atoms with Crippen LogP contribution in [-0.2, 0) is 13.0 Å². The van der Waals surface area contributed by atoms with E-state index in [2.05, 4.69) is 117 Å². The molecule has 0 radical (unpaired) electrons. The van der Waals surface area contributed by atoms with Gasteiger partial charge in [-0.15, -0.1) is 6.58 Å². The van der Waals surface area contributed by atoms with Crippen LogP contribution in [0.1, 0.15) is 103 Å². The number of H-pyrrole nitrogens is 1. The van der Waals surface area contributed by atoms with Gasteiger partial charge in [-0.2, -0.15) is 0 Å². The van der Waals surface area contributed by atoms with E-state index in [0.717, 1.165) is 44.6 Å². The average molecular weight is 657 g/mol. The second-order valence-corrected chi connectivity index (χ2v) is 12.4. The molecule has 3 N–H and O–H groups in total. The van der Waals surface area contributed by atoms with Crippen LogP contribution in [0.2, 0.25) is 0 Å². The van der Waals surface area contributed by atoms with E-state index in [-0.39, 0.29) is 12.7 Å². The van der Waals surface area contributed by atoms with Crippen molar-refractivity contribution in [1.82, 2.24) is 20.5 Å². The number of nitrogens with zero attached hydrogens (tertiary/aromatic N) is 1. The standard InChI is InChI=1S/C26H37FN4.C8H10.C3H8.C2H5F.CH3F/c1-5-6-17(2)29-26(21-9-11-23(27)12-10-21)25-14-22-8-7-20(13-24(22)30-25)16-31-15-18(3)28-19(31)4;1-2-8-6-4-3-5-7-8;1-3-2;1-2-3;1-2/h5,7-8,13-14,17-18,21,23,26,28-30H,1,4,6,9-12,15-16H2,2-3H3;3-7H,2H2,1H3;3H2,1-2H3;2H2,1H3;1H3. The molecule has 1 aliphatic carbocycles. The minimum atomic E-state index is -0.634. The van der Waals surface area contributed by atoms with Crippen LogP contribution in [0.3, 0.4) is 0 Å². The van der Waals surface area contributed by atoms with Crippen LogP contribution in [0, 0.1) is 5.92 Å². The first-order chi connectivity index (χ1) is 22.7. The Balaban J connectivity index is 0.000000574. The highest BCUT2D eigenvalue weighted by Crippen LogP contribution is 2.37. The van der Waals surface area contributed by atoms with Crippen LogP contribution in [0.15, 0.2) is 79.7 Å². The van der Waals surface area contributed by atoms with E-state index in [1.165, 1.54) is 41.1 Å². The summed E-state index contributed by atoms with van der Waals surface area (Å²) in [7, 11) is 0.500. The molecule has 1 aromatic heterocycles. The lowest BCUT2D eigenvalue weighted by Crippen LogP contribution is -2.36. The van der Waals surface area contributed by atoms with E-state index in [1.54, 1.807) is 0 Å². The van der Waals surface area contributed by atoms with Crippen molar-refractivity contribution in [3.63, 3.8) is 0 Å². The molecule has 2 aliphatic rings. The fourth-order valence-corrected chi connectivity index (χ4v) is 5.93. The second kappa shape index (κ2) is 24.0. The molecule has 3 atom stereocenters. The molecule has 1 saturated heterocycles. The molecule has 3 aromatic rings. The number of benzene rings is 2. The first kappa shape index (κ1) is 41.8. The predicted octanol–water partition coefficient (Wildman–Crippen LogP) is 10.8. The molecule has 0 bridgehead atoms. The van der Waals surface area contributed by atoms with Crippen molar-refractivity contribution in [3.8, 4) is 0 Å². The summed E-state index contributed by atoms with van der Waals surface area (Å²) in [6.45, 7) is 21.9. The van der Waals surface area contributed by atoms with Crippen molar-refractivity contribution in [2.24, 2.45) is 5.92 Å². The Labute approximate surface area is 284 Å². The Morgan fingerprint density at radius 1 is 0.979 bits per heavy atom. The van der Waals surface area contributed by atoms with Crippen LogP contribution in [0.25, 0.3) is 10.9 Å². The van der Waals surface area contributed by atoms with Gasteiger partial charge in [-0.3, -0.25) is 8.78 Å². The molecule has 2 fully saturated rings. The minimum absolute atomic E-state index is 0.210. The Morgan fingerprint density at radius 3 is 2.11 bits per heavy atom. The summed E-state index contributed by atoms with van der Waals surface area (Å²) in [4.78, 5) is 6.00. The Morgan fingerprint density at radius 2 is 1.60 bits per heavy atom. The van der Waals surface area contributed by atoms with Crippen molar-refractivity contribution >= 4 is 10.9 Å². The smallest absolute Gasteiger partial charge is 0.100 e. The fraction of sp³-hybridized carbons (Fsp3) is 0.550. The summed E-state index contributed by atoms with van der Waals surface area (Å²) in [5.74, 6) is 1.45. The normalized spacial score (nSPS) is 19.7. The maximum absolute atomic E-state index is 13.8. The third kappa shape index (κ3) is 15.1. The zero-order chi connectivity index (χ0) is 35.2. The molecular weight excluding hydrogens is 593 g/mol. The van der Waals surface area contributed by atoms with Gasteiger partial charge in [0.25, 0.3) is 0 Å². The van der Waals surface area contributed by atoms with Crippen molar-refractivity contribution in [3.05, 3.63) is 96.5 Å². The van der Waals surface area contributed by atoms with Gasteiger partial charge in [-0.1, -0.05) is 82.3 Å². The van der Waals surface area contributed by atoms with Gasteiger partial charge in [0.2, 0.25) is 0 Å². The zero-order valence-corrected chi connectivity index (χ0v) is 30.2. The molecule has 0 spiro atoms. The Bertz CT molecular complexity index is 1230. The van der Waals surface area contributed by atoms with Crippen LogP contribution < -0.4 is 10.6 Å². The first-order valence-corrected chi connectivity index (χ1v) is 17.5. The van der Waals surface area contributed by atoms with Crippen molar-refractivity contribution in [2.75, 3.05) is 20.4 Å². The van der Waals surface area contributed by atoms with E-state index in [4.69, 9.17) is 0 Å². The number of rotatable bonds is 9. The predicted molar refractivity (Wildman–Crippen MR) is 198 cm³/mol. The van der Waals surface area contributed by atoms with E-state index in [1.807, 2.05) is 12.1 Å². The zero-order valence-electron chi connectivity index (χ0n) is 30.2. The largest absolute Gasteiger partial charge is 0.368 e. The number of nitrogens with one attached hydrogen (secondary N) is 3. The second-order valence-electron chi connectivity index (χ2n) is 12.4. The summed E-state index contributed by atoms with van der Waals surface area (Å²) in [6.07, 6.45) is 7.86. The number of hydrogen-bond donors (Lipinski definition) is 3. The van der Waals surface area contributed by atoms with Crippen LogP contribution in [0.4, 0.5) is 13.2 Å². The summed E-state index contributed by atoms with van der Waals surface area (Å²) < 4.78 is 33.6. The highest BCUT2D eigenvalue weighted by Gasteiger charge is 2.30. The topological polar surface area (TPSA) is 43.1 Å². The van der Waals surface area contributed by atoms with Crippen LogP contribution in [-0.4, -0.2) is 48.5 Å². The number of fused-ring (bicyclic) bond motifs is 1. The molecule has 1 saturated carbocycles. The van der Waals surface area contributed by atoms with E-state index in [9.17, 15) is 13.2 Å². The lowest BCUT2D eigenvalue weighted by Gasteiger charge is -2.33. The van der Waals surface area contributed by atoms with Gasteiger partial charge in [0.1, 0.15) is 6.17 Å². The van der Waals surface area contributed by atoms with Crippen molar-refractivity contribution in [2.45, 2.75) is 117 Å². The van der Waals surface area contributed by atoms with Crippen LogP contribution >= 0.6 is 0 Å². The van der Waals surface area contributed by atoms with Crippen LogP contribution in [0.5, 0.6) is 0 Å². The molecule has 4 nitrogen and oxygen atoms in total. The molecule has 7 heteroatoms. The molecule has 47 heavy (non-hydrogen) atoms. The van der Waals surface area contributed by atoms with Gasteiger partial charge in [-0.25, -0.2) is 4.39 Å². The fourth-order valence-electron chi connectivity index (χ4n) is 5.93. The lowest BCUT2D eigenvalue weighted by molar-refractivity contribution is 0.172. The molecular formula is C40H63F3N4. The maximum atomic E-state index is 13.8. The van der Waals surface area contributed by atoms with Gasteiger partial charge >= 0.3 is 0 Å². The minimum Gasteiger partial charge on any atom is -0.368 e. The van der Waals surface area contributed by atoms with Crippen molar-refractivity contribution < 1.29 is 13.2 Å². The molecule has 2 aromatic carbocycles. The average Bonchev–Trinajstić information content (AvgIpc) is 3.64. The van der Waals surface area contributed by atoms with Gasteiger partial charge in [0.15, 0.2) is 0 Å². The number of aromatic amines is 1. The van der Waals surface area contributed by atoms with Gasteiger partial charge in [-0.05, 0) is 93.9 Å². The Kier molecular flexibility index (Phi) is 21.4. The summed E-state index contributed by atoms with van der Waals surface area (Å²) in [6, 6.07) is 20.4. The molecule has 5 rings (SSSR count). The number of aromatic nitrogens is 1. The lowest BCUT2D eigenvalue weighted by atomic mass is 9.81. The monoisotopic (exact) mass is 657 g/mol. The maximum Gasteiger partial charge on any atom is 0.100 e. The van der Waals surface area contributed by atoms with Gasteiger partial charge < -0.3 is 20.5 Å². The van der Waals surface area contributed by atoms with Gasteiger partial charge in [0, 0.05) is 36.4 Å². The SMILES string of the molecule is C=CCC(C)NC(c1cc2ccc(CN3CC(C)NC3=C)cc2[nH]1)C1CCC(F)CC1.CCC.CCF.CCc1ccccc1.CF. The number of hydrogen-bond acceptors (Lipinski definition) is 3. The third-order valence-electron chi connectivity index (χ3n) is 8.11. The van der Waals surface area contributed by atoms with E-state index < -0.39 is 6.17 Å². The summed E-state index contributed by atoms with van der Waals surface area (Å²) in [5, 5.41) is 8.43. The molecule has 0 amide bonds. The van der Waals surface area contributed by atoms with E-state index in [0.29, 0.717) is 38.0 Å². The first-order valence-electron chi connectivity index (χ1n) is 17.5. The number of alkyl halides is 3. The third-order valence-corrected chi connectivity index (χ3v) is 8.11. The summed E-state index contributed by atoms with van der Waals surface area (Å²) in [5.41, 5.74) is 5.07. The highest BCUT2D eigenvalue weighted by atomic mass is 19.1. The molecule has 3 unspecified atom stereocenters. The van der Waals surface area contributed by atoms with Gasteiger partial charge in [0.05, 0.1) is 25.7 Å². The molecule has 1 aliphatic heterocycles. The highest BCUT2D eigenvalue weighted by molar-refractivity contribution is 5.81. The summed E-state index contributed by atoms with van der Waals surface area (Å²) >= 11 is 0. The van der Waals surface area contributed by atoms with E-state index >= 15 is 0 Å². The molecule has 2 heterocycles. The Hall–Kier alpha value is -3.19. The van der Waals surface area contributed by atoms with Crippen molar-refractivity contribution in [1.29, 1.82) is 0 Å². The quantitative estimate of drug-likeness (QED) is 0.201. The number of aryl methyl sites for hydroxylation is 1. The number of halogens is 3. The molecule has 264 valence electrons.